The van der Waals surface area contributed by atoms with Gasteiger partial charge in [-0.15, -0.1) is 6.58 Å². The number of hydrogen-bond donors (Lipinski definition) is 1. The van der Waals surface area contributed by atoms with Gasteiger partial charge >= 0.3 is 5.97 Å². The Kier molecular flexibility index (Phi) is 5.53. The minimum Gasteiger partial charge on any atom is -0.480 e. The highest BCUT2D eigenvalue weighted by molar-refractivity contribution is 5.69. The van der Waals surface area contributed by atoms with Crippen molar-refractivity contribution < 1.29 is 9.90 Å². The van der Waals surface area contributed by atoms with Gasteiger partial charge in [-0.2, -0.15) is 0 Å². The Hall–Kier alpha value is -0.830. The predicted octanol–water partition coefficient (Wildman–Crippen LogP) is 2.53. The molecule has 0 aromatic heterocycles. The maximum Gasteiger partial charge on any atom is 0.317 e. The van der Waals surface area contributed by atoms with Crippen LogP contribution in [0.3, 0.4) is 0 Å². The number of nitrogens with zero attached hydrogens (tertiary/aromatic N) is 1. The quantitative estimate of drug-likeness (QED) is 0.706. The summed E-state index contributed by atoms with van der Waals surface area (Å²) in [6, 6.07) is 0.438. The largest absolute Gasteiger partial charge is 0.480 e. The molecule has 0 saturated heterocycles. The first-order valence-corrected chi connectivity index (χ1v) is 6.24. The van der Waals surface area contributed by atoms with Gasteiger partial charge in [-0.1, -0.05) is 32.3 Å². The van der Waals surface area contributed by atoms with Crippen molar-refractivity contribution in [2.45, 2.75) is 45.1 Å². The number of rotatable bonds is 6. The van der Waals surface area contributed by atoms with E-state index in [0.717, 1.165) is 18.8 Å². The van der Waals surface area contributed by atoms with E-state index in [9.17, 15) is 4.79 Å². The molecule has 0 amide bonds. The van der Waals surface area contributed by atoms with Gasteiger partial charge in [-0.25, -0.2) is 0 Å². The summed E-state index contributed by atoms with van der Waals surface area (Å²) < 4.78 is 0. The second-order valence-electron chi connectivity index (χ2n) is 4.71. The maximum atomic E-state index is 10.8. The summed E-state index contributed by atoms with van der Waals surface area (Å²) >= 11 is 0. The Morgan fingerprint density at radius 1 is 1.56 bits per heavy atom. The lowest BCUT2D eigenvalue weighted by Crippen LogP contribution is -2.41. The molecule has 1 saturated carbocycles. The fourth-order valence-corrected chi connectivity index (χ4v) is 2.65. The molecule has 0 heterocycles. The van der Waals surface area contributed by atoms with E-state index in [-0.39, 0.29) is 6.54 Å². The van der Waals surface area contributed by atoms with Crippen molar-refractivity contribution >= 4 is 5.97 Å². The normalized spacial score (nSPS) is 25.6. The van der Waals surface area contributed by atoms with E-state index >= 15 is 0 Å². The zero-order chi connectivity index (χ0) is 12.0. The van der Waals surface area contributed by atoms with Gasteiger partial charge in [-0.3, -0.25) is 9.69 Å². The first-order valence-electron chi connectivity index (χ1n) is 6.24. The highest BCUT2D eigenvalue weighted by atomic mass is 16.4. The minimum absolute atomic E-state index is 0.146. The van der Waals surface area contributed by atoms with Crippen LogP contribution in [-0.2, 0) is 4.79 Å². The first kappa shape index (κ1) is 13.2. The summed E-state index contributed by atoms with van der Waals surface area (Å²) in [7, 11) is 0. The Morgan fingerprint density at radius 3 is 2.88 bits per heavy atom. The molecule has 2 unspecified atom stereocenters. The Bertz CT molecular complexity index is 240. The average molecular weight is 225 g/mol. The van der Waals surface area contributed by atoms with Crippen LogP contribution in [-0.4, -0.2) is 35.1 Å². The van der Waals surface area contributed by atoms with E-state index in [1.807, 2.05) is 0 Å². The van der Waals surface area contributed by atoms with Crippen molar-refractivity contribution in [1.29, 1.82) is 0 Å². The van der Waals surface area contributed by atoms with Crippen molar-refractivity contribution in [1.82, 2.24) is 4.90 Å². The smallest absolute Gasteiger partial charge is 0.317 e. The molecule has 3 heteroatoms. The molecule has 0 radical (unpaired) electrons. The highest BCUT2D eigenvalue weighted by Crippen LogP contribution is 2.29. The summed E-state index contributed by atoms with van der Waals surface area (Å²) in [6.45, 7) is 6.77. The highest BCUT2D eigenvalue weighted by Gasteiger charge is 2.26. The first-order chi connectivity index (χ1) is 7.67. The Labute approximate surface area is 98.1 Å². The van der Waals surface area contributed by atoms with Gasteiger partial charge in [0.05, 0.1) is 6.54 Å². The Balaban J connectivity index is 2.54. The SMILES string of the molecule is C=CCN(CC(=O)O)C1CCCC(CC)C1. The molecule has 1 aliphatic rings. The lowest BCUT2D eigenvalue weighted by Gasteiger charge is -2.36. The fraction of sp³-hybridized carbons (Fsp3) is 0.769. The van der Waals surface area contributed by atoms with Gasteiger partial charge in [-0.05, 0) is 18.8 Å². The third-order valence-corrected chi connectivity index (χ3v) is 3.55. The van der Waals surface area contributed by atoms with Gasteiger partial charge in [0.1, 0.15) is 0 Å². The molecule has 1 N–H and O–H groups in total. The predicted molar refractivity (Wildman–Crippen MR) is 65.4 cm³/mol. The molecule has 1 rings (SSSR count). The van der Waals surface area contributed by atoms with Crippen molar-refractivity contribution in [3.05, 3.63) is 12.7 Å². The summed E-state index contributed by atoms with van der Waals surface area (Å²) in [6.07, 6.45) is 7.84. The van der Waals surface area contributed by atoms with Crippen LogP contribution in [0.5, 0.6) is 0 Å². The number of hydrogen-bond acceptors (Lipinski definition) is 2. The fourth-order valence-electron chi connectivity index (χ4n) is 2.65. The van der Waals surface area contributed by atoms with Crippen LogP contribution in [0.1, 0.15) is 39.0 Å². The molecule has 3 nitrogen and oxygen atoms in total. The maximum absolute atomic E-state index is 10.8. The van der Waals surface area contributed by atoms with Crippen molar-refractivity contribution in [3.63, 3.8) is 0 Å². The molecular formula is C13H23NO2. The molecule has 92 valence electrons. The number of carboxylic acids is 1. The number of carboxylic acid groups (broad SMARTS) is 1. The summed E-state index contributed by atoms with van der Waals surface area (Å²) in [5.41, 5.74) is 0. The van der Waals surface area contributed by atoms with E-state index in [0.29, 0.717) is 12.6 Å². The molecule has 2 atom stereocenters. The second kappa shape index (κ2) is 6.69. The van der Waals surface area contributed by atoms with E-state index < -0.39 is 5.97 Å². The van der Waals surface area contributed by atoms with Crippen molar-refractivity contribution in [2.75, 3.05) is 13.1 Å². The standard InChI is InChI=1S/C13H23NO2/c1-3-8-14(10-13(15)16)12-7-5-6-11(4-2)9-12/h3,11-12H,1,4-10H2,2H3,(H,15,16). The third kappa shape index (κ3) is 3.97. The van der Waals surface area contributed by atoms with E-state index in [2.05, 4.69) is 18.4 Å². The number of aliphatic carboxylic acids is 1. The van der Waals surface area contributed by atoms with Crippen LogP contribution in [0.15, 0.2) is 12.7 Å². The zero-order valence-electron chi connectivity index (χ0n) is 10.2. The van der Waals surface area contributed by atoms with E-state index in [4.69, 9.17) is 5.11 Å². The van der Waals surface area contributed by atoms with E-state index in [1.54, 1.807) is 6.08 Å². The summed E-state index contributed by atoms with van der Waals surface area (Å²) in [5.74, 6) is 0.0420. The lowest BCUT2D eigenvalue weighted by atomic mass is 9.83. The molecule has 1 aliphatic carbocycles. The monoisotopic (exact) mass is 225 g/mol. The summed E-state index contributed by atoms with van der Waals surface area (Å²) in [4.78, 5) is 12.9. The number of carbonyl (C=O) groups is 1. The van der Waals surface area contributed by atoms with Gasteiger partial charge in [0.2, 0.25) is 0 Å². The van der Waals surface area contributed by atoms with Crippen LogP contribution in [0.4, 0.5) is 0 Å². The molecule has 0 aliphatic heterocycles. The minimum atomic E-state index is -0.736. The molecular weight excluding hydrogens is 202 g/mol. The van der Waals surface area contributed by atoms with Crippen LogP contribution in [0.25, 0.3) is 0 Å². The van der Waals surface area contributed by atoms with E-state index in [1.165, 1.54) is 19.3 Å². The molecule has 0 aromatic rings. The topological polar surface area (TPSA) is 40.5 Å². The van der Waals surface area contributed by atoms with Crippen molar-refractivity contribution in [2.24, 2.45) is 5.92 Å². The van der Waals surface area contributed by atoms with Crippen LogP contribution in [0, 0.1) is 5.92 Å². The van der Waals surface area contributed by atoms with Crippen LogP contribution >= 0.6 is 0 Å². The summed E-state index contributed by atoms with van der Waals surface area (Å²) in [5, 5.41) is 8.89. The van der Waals surface area contributed by atoms with Crippen LogP contribution < -0.4 is 0 Å². The zero-order valence-corrected chi connectivity index (χ0v) is 10.2. The third-order valence-electron chi connectivity index (χ3n) is 3.55. The molecule has 1 fully saturated rings. The molecule has 0 bridgehead atoms. The average Bonchev–Trinajstić information content (AvgIpc) is 2.28. The van der Waals surface area contributed by atoms with Crippen molar-refractivity contribution in [3.8, 4) is 0 Å². The molecule has 16 heavy (non-hydrogen) atoms. The molecule has 0 aromatic carbocycles. The van der Waals surface area contributed by atoms with Gasteiger partial charge in [0.25, 0.3) is 0 Å². The second-order valence-corrected chi connectivity index (χ2v) is 4.71. The van der Waals surface area contributed by atoms with Gasteiger partial charge in [0, 0.05) is 12.6 Å². The van der Waals surface area contributed by atoms with Crippen LogP contribution in [0.2, 0.25) is 0 Å². The van der Waals surface area contributed by atoms with Gasteiger partial charge < -0.3 is 5.11 Å². The lowest BCUT2D eigenvalue weighted by molar-refractivity contribution is -0.139. The Morgan fingerprint density at radius 2 is 2.31 bits per heavy atom. The molecule has 0 spiro atoms. The van der Waals surface area contributed by atoms with Gasteiger partial charge in [0.15, 0.2) is 0 Å².